The van der Waals surface area contributed by atoms with E-state index >= 15 is 0 Å². The van der Waals surface area contributed by atoms with Crippen molar-refractivity contribution in [2.45, 2.75) is 32.8 Å². The number of rotatable bonds is 2. The molecule has 0 aromatic carbocycles. The third kappa shape index (κ3) is 3.40. The maximum atomic E-state index is 11.6. The fourth-order valence-corrected chi connectivity index (χ4v) is 1.84. The second-order valence-electron chi connectivity index (χ2n) is 4.33. The summed E-state index contributed by atoms with van der Waals surface area (Å²) in [6.07, 6.45) is 1.26. The first kappa shape index (κ1) is 12.8. The van der Waals surface area contributed by atoms with E-state index in [2.05, 4.69) is 5.32 Å². The molecule has 1 aliphatic heterocycles. The van der Waals surface area contributed by atoms with Crippen LogP contribution in [0.4, 0.5) is 4.79 Å². The molecule has 0 spiro atoms. The Morgan fingerprint density at radius 3 is 2.69 bits per heavy atom. The predicted octanol–water partition coefficient (Wildman–Crippen LogP) is 0.989. The third-order valence-corrected chi connectivity index (χ3v) is 2.63. The van der Waals surface area contributed by atoms with Crippen molar-refractivity contribution < 1.29 is 14.3 Å². The van der Waals surface area contributed by atoms with Crippen LogP contribution >= 0.6 is 0 Å². The van der Waals surface area contributed by atoms with Crippen molar-refractivity contribution in [2.24, 2.45) is 5.92 Å². The molecule has 0 radical (unpaired) electrons. The minimum atomic E-state index is -0.316. The predicted molar refractivity (Wildman–Crippen MR) is 60.0 cm³/mol. The highest BCUT2D eigenvalue weighted by Gasteiger charge is 2.28. The number of piperidine rings is 1. The van der Waals surface area contributed by atoms with Gasteiger partial charge in [-0.25, -0.2) is 4.79 Å². The van der Waals surface area contributed by atoms with E-state index in [0.29, 0.717) is 13.1 Å². The van der Waals surface area contributed by atoms with Gasteiger partial charge in [0.1, 0.15) is 0 Å². The van der Waals surface area contributed by atoms with Crippen molar-refractivity contribution in [1.29, 1.82) is 0 Å². The van der Waals surface area contributed by atoms with Crippen LogP contribution in [0, 0.1) is 5.92 Å². The Bertz CT molecular complexity index is 266. The molecular formula is C11H20N2O3. The quantitative estimate of drug-likeness (QED) is 0.766. The molecule has 1 unspecified atom stereocenters. The number of amides is 2. The minimum absolute atomic E-state index is 0.00190. The SMILES string of the molecule is CNC(=O)C1CCCN(C(=O)OC(C)C)C1. The number of hydrogen-bond acceptors (Lipinski definition) is 3. The van der Waals surface area contributed by atoms with Gasteiger partial charge in [-0.1, -0.05) is 0 Å². The number of carbonyl (C=O) groups excluding carboxylic acids is 2. The van der Waals surface area contributed by atoms with E-state index in [9.17, 15) is 9.59 Å². The van der Waals surface area contributed by atoms with Crippen LogP contribution in [-0.4, -0.2) is 43.1 Å². The molecule has 1 heterocycles. The van der Waals surface area contributed by atoms with E-state index < -0.39 is 0 Å². The molecule has 0 saturated carbocycles. The molecule has 0 aromatic heterocycles. The smallest absolute Gasteiger partial charge is 0.410 e. The van der Waals surface area contributed by atoms with Gasteiger partial charge in [-0.15, -0.1) is 0 Å². The summed E-state index contributed by atoms with van der Waals surface area (Å²) in [6.45, 7) is 4.78. The Morgan fingerprint density at radius 2 is 2.12 bits per heavy atom. The van der Waals surface area contributed by atoms with E-state index in [4.69, 9.17) is 4.74 Å². The summed E-state index contributed by atoms with van der Waals surface area (Å²) in [5.41, 5.74) is 0. The number of hydrogen-bond donors (Lipinski definition) is 1. The molecule has 1 aliphatic rings. The second-order valence-corrected chi connectivity index (χ2v) is 4.33. The molecule has 1 rings (SSSR count). The van der Waals surface area contributed by atoms with E-state index in [1.165, 1.54) is 0 Å². The van der Waals surface area contributed by atoms with Crippen LogP contribution in [0.25, 0.3) is 0 Å². The zero-order valence-corrected chi connectivity index (χ0v) is 10.2. The maximum absolute atomic E-state index is 11.6. The lowest BCUT2D eigenvalue weighted by Gasteiger charge is -2.31. The fraction of sp³-hybridized carbons (Fsp3) is 0.818. The summed E-state index contributed by atoms with van der Waals surface area (Å²) < 4.78 is 5.11. The Hall–Kier alpha value is -1.26. The molecule has 92 valence electrons. The van der Waals surface area contributed by atoms with Crippen molar-refractivity contribution in [1.82, 2.24) is 10.2 Å². The molecule has 2 amide bonds. The largest absolute Gasteiger partial charge is 0.447 e. The third-order valence-electron chi connectivity index (χ3n) is 2.63. The van der Waals surface area contributed by atoms with Crippen LogP contribution in [0.3, 0.4) is 0 Å². The zero-order chi connectivity index (χ0) is 12.1. The maximum Gasteiger partial charge on any atom is 0.410 e. The average Bonchev–Trinajstić information content (AvgIpc) is 2.27. The van der Waals surface area contributed by atoms with Gasteiger partial charge in [0.2, 0.25) is 5.91 Å². The lowest BCUT2D eigenvalue weighted by Crippen LogP contribution is -2.45. The molecule has 1 fully saturated rings. The summed E-state index contributed by atoms with van der Waals surface area (Å²) in [4.78, 5) is 24.7. The number of carbonyl (C=O) groups is 2. The first-order chi connectivity index (χ1) is 7.54. The highest BCUT2D eigenvalue weighted by molar-refractivity contribution is 5.79. The van der Waals surface area contributed by atoms with Crippen molar-refractivity contribution >= 4 is 12.0 Å². The molecule has 1 N–H and O–H groups in total. The van der Waals surface area contributed by atoms with Gasteiger partial charge in [0.05, 0.1) is 12.0 Å². The Kier molecular flexibility index (Phi) is 4.58. The standard InChI is InChI=1S/C11H20N2O3/c1-8(2)16-11(15)13-6-4-5-9(7-13)10(14)12-3/h8-9H,4-7H2,1-3H3,(H,12,14). The van der Waals surface area contributed by atoms with Crippen molar-refractivity contribution in [2.75, 3.05) is 20.1 Å². The van der Waals surface area contributed by atoms with Gasteiger partial charge in [0.15, 0.2) is 0 Å². The molecule has 5 nitrogen and oxygen atoms in total. The lowest BCUT2D eigenvalue weighted by atomic mass is 9.97. The average molecular weight is 228 g/mol. The molecule has 1 atom stereocenters. The van der Waals surface area contributed by atoms with Gasteiger partial charge in [0.25, 0.3) is 0 Å². The molecule has 1 saturated heterocycles. The van der Waals surface area contributed by atoms with Gasteiger partial charge in [-0.2, -0.15) is 0 Å². The lowest BCUT2D eigenvalue weighted by molar-refractivity contribution is -0.125. The van der Waals surface area contributed by atoms with Crippen molar-refractivity contribution in [3.05, 3.63) is 0 Å². The zero-order valence-electron chi connectivity index (χ0n) is 10.2. The highest BCUT2D eigenvalue weighted by atomic mass is 16.6. The van der Waals surface area contributed by atoms with E-state index in [0.717, 1.165) is 12.8 Å². The van der Waals surface area contributed by atoms with Crippen LogP contribution in [0.2, 0.25) is 0 Å². The number of nitrogens with one attached hydrogen (secondary N) is 1. The van der Waals surface area contributed by atoms with Crippen molar-refractivity contribution in [3.63, 3.8) is 0 Å². The van der Waals surface area contributed by atoms with E-state index in [1.807, 2.05) is 13.8 Å². The summed E-state index contributed by atoms with van der Waals surface area (Å²) in [5, 5.41) is 2.62. The monoisotopic (exact) mass is 228 g/mol. The summed E-state index contributed by atoms with van der Waals surface area (Å²) >= 11 is 0. The second kappa shape index (κ2) is 5.72. The van der Waals surface area contributed by atoms with Crippen LogP contribution in [0.1, 0.15) is 26.7 Å². The van der Waals surface area contributed by atoms with Gasteiger partial charge in [0, 0.05) is 20.1 Å². The highest BCUT2D eigenvalue weighted by Crippen LogP contribution is 2.17. The number of nitrogens with zero attached hydrogens (tertiary/aromatic N) is 1. The Balaban J connectivity index is 2.50. The molecule has 0 bridgehead atoms. The molecular weight excluding hydrogens is 208 g/mol. The first-order valence-corrected chi connectivity index (χ1v) is 5.71. The Morgan fingerprint density at radius 1 is 1.44 bits per heavy atom. The molecule has 5 heteroatoms. The van der Waals surface area contributed by atoms with Gasteiger partial charge >= 0.3 is 6.09 Å². The van der Waals surface area contributed by atoms with E-state index in [-0.39, 0.29) is 24.0 Å². The number of likely N-dealkylation sites (tertiary alicyclic amines) is 1. The van der Waals surface area contributed by atoms with Gasteiger partial charge < -0.3 is 15.0 Å². The van der Waals surface area contributed by atoms with Crippen LogP contribution in [-0.2, 0) is 9.53 Å². The topological polar surface area (TPSA) is 58.6 Å². The van der Waals surface area contributed by atoms with Crippen LogP contribution < -0.4 is 5.32 Å². The minimum Gasteiger partial charge on any atom is -0.447 e. The van der Waals surface area contributed by atoms with Gasteiger partial charge in [-0.05, 0) is 26.7 Å². The summed E-state index contributed by atoms with van der Waals surface area (Å²) in [6, 6.07) is 0. The molecule has 0 aromatic rings. The Labute approximate surface area is 96.1 Å². The normalized spacial score (nSPS) is 20.8. The van der Waals surface area contributed by atoms with Crippen LogP contribution in [0.15, 0.2) is 0 Å². The summed E-state index contributed by atoms with van der Waals surface area (Å²) in [5.74, 6) is -0.0968. The first-order valence-electron chi connectivity index (χ1n) is 5.71. The number of ether oxygens (including phenoxy) is 1. The summed E-state index contributed by atoms with van der Waals surface area (Å²) in [7, 11) is 1.62. The van der Waals surface area contributed by atoms with E-state index in [1.54, 1.807) is 11.9 Å². The van der Waals surface area contributed by atoms with Crippen molar-refractivity contribution in [3.8, 4) is 0 Å². The fourth-order valence-electron chi connectivity index (χ4n) is 1.84. The molecule has 16 heavy (non-hydrogen) atoms. The van der Waals surface area contributed by atoms with Gasteiger partial charge in [-0.3, -0.25) is 4.79 Å². The molecule has 0 aliphatic carbocycles. The van der Waals surface area contributed by atoms with Crippen LogP contribution in [0.5, 0.6) is 0 Å².